The van der Waals surface area contributed by atoms with Gasteiger partial charge < -0.3 is 29.7 Å². The van der Waals surface area contributed by atoms with Crippen molar-refractivity contribution in [3.8, 4) is 22.6 Å². The van der Waals surface area contributed by atoms with E-state index in [0.717, 1.165) is 39.1 Å². The van der Waals surface area contributed by atoms with Gasteiger partial charge in [-0.3, -0.25) is 0 Å². The number of tetrazole rings is 1. The molecular formula is C36H35N5O6S. The molecule has 246 valence electrons. The molecule has 1 aliphatic rings. The van der Waals surface area contributed by atoms with E-state index in [9.17, 15) is 15.0 Å². The molecule has 1 aromatic heterocycles. The standard InChI is InChI=1S/C36H35N5O6S/c1-2-17-45-36(44)37-21-25-5-3-6-27(18-25)28-7-4-8-29(19-28)34-46-32(20-33(47-34)26-11-9-24(22-42)10-12-26)23-48-35-38-39-40-41(35)30-13-15-31(43)16-14-30/h2-16,18-19,32-34,42-43H,1,17,20-23H2,(H,37,44)/t32-,33+,34+/m0/s1. The summed E-state index contributed by atoms with van der Waals surface area (Å²) in [5, 5.41) is 34.8. The number of amides is 1. The first-order valence-electron chi connectivity index (χ1n) is 15.4. The predicted molar refractivity (Wildman–Crippen MR) is 180 cm³/mol. The van der Waals surface area contributed by atoms with E-state index >= 15 is 0 Å². The summed E-state index contributed by atoms with van der Waals surface area (Å²) < 4.78 is 19.8. The summed E-state index contributed by atoms with van der Waals surface area (Å²) in [5.74, 6) is 0.726. The topological polar surface area (TPSA) is 141 Å². The zero-order valence-electron chi connectivity index (χ0n) is 26.0. The molecule has 1 amide bonds. The molecule has 1 fully saturated rings. The van der Waals surface area contributed by atoms with Crippen molar-refractivity contribution < 1.29 is 29.2 Å². The van der Waals surface area contributed by atoms with Gasteiger partial charge in [0.25, 0.3) is 0 Å². The van der Waals surface area contributed by atoms with E-state index in [1.54, 1.807) is 28.9 Å². The minimum atomic E-state index is -0.649. The Morgan fingerprint density at radius 3 is 2.52 bits per heavy atom. The van der Waals surface area contributed by atoms with Gasteiger partial charge in [0, 0.05) is 24.3 Å². The van der Waals surface area contributed by atoms with Gasteiger partial charge in [0.2, 0.25) is 5.16 Å². The highest BCUT2D eigenvalue weighted by Gasteiger charge is 2.33. The smallest absolute Gasteiger partial charge is 0.407 e. The number of aromatic hydroxyl groups is 1. The number of carbonyl (C=O) groups excluding carboxylic acids is 1. The molecule has 0 unspecified atom stereocenters. The van der Waals surface area contributed by atoms with Gasteiger partial charge in [0.1, 0.15) is 12.4 Å². The molecule has 0 bridgehead atoms. The number of hydrogen-bond acceptors (Lipinski definition) is 10. The Bertz CT molecular complexity index is 1830. The highest BCUT2D eigenvalue weighted by molar-refractivity contribution is 7.99. The fourth-order valence-corrected chi connectivity index (χ4v) is 6.21. The molecule has 3 atom stereocenters. The van der Waals surface area contributed by atoms with Crippen LogP contribution >= 0.6 is 11.8 Å². The van der Waals surface area contributed by atoms with Crippen LogP contribution in [0.5, 0.6) is 5.75 Å². The lowest BCUT2D eigenvalue weighted by molar-refractivity contribution is -0.245. The van der Waals surface area contributed by atoms with E-state index in [2.05, 4.69) is 33.5 Å². The van der Waals surface area contributed by atoms with Crippen LogP contribution in [-0.4, -0.2) is 55.0 Å². The van der Waals surface area contributed by atoms with Crippen LogP contribution in [0.1, 0.15) is 41.1 Å². The zero-order valence-corrected chi connectivity index (χ0v) is 26.8. The van der Waals surface area contributed by atoms with Gasteiger partial charge in [0.15, 0.2) is 6.29 Å². The molecule has 48 heavy (non-hydrogen) atoms. The van der Waals surface area contributed by atoms with E-state index in [-0.39, 0.29) is 31.2 Å². The Hall–Kier alpha value is -5.01. The molecule has 0 radical (unpaired) electrons. The van der Waals surface area contributed by atoms with Gasteiger partial charge in [-0.05, 0) is 74.6 Å². The van der Waals surface area contributed by atoms with Crippen molar-refractivity contribution in [2.24, 2.45) is 0 Å². The largest absolute Gasteiger partial charge is 0.508 e. The van der Waals surface area contributed by atoms with E-state index < -0.39 is 12.4 Å². The molecule has 0 aliphatic carbocycles. The van der Waals surface area contributed by atoms with Crippen LogP contribution in [0.4, 0.5) is 4.79 Å². The summed E-state index contributed by atoms with van der Waals surface area (Å²) >= 11 is 1.48. The second-order valence-electron chi connectivity index (χ2n) is 11.1. The molecule has 6 rings (SSSR count). The number of phenolic OH excluding ortho intramolecular Hbond substituents is 1. The van der Waals surface area contributed by atoms with Crippen molar-refractivity contribution in [1.82, 2.24) is 25.5 Å². The molecule has 2 heterocycles. The van der Waals surface area contributed by atoms with Crippen LogP contribution in [0, 0.1) is 0 Å². The Morgan fingerprint density at radius 2 is 1.75 bits per heavy atom. The van der Waals surface area contributed by atoms with Crippen LogP contribution in [0.25, 0.3) is 16.8 Å². The van der Waals surface area contributed by atoms with Crippen LogP contribution in [0.2, 0.25) is 0 Å². The van der Waals surface area contributed by atoms with Crippen molar-refractivity contribution in [1.29, 1.82) is 0 Å². The molecule has 3 N–H and O–H groups in total. The summed E-state index contributed by atoms with van der Waals surface area (Å²) in [6, 6.07) is 30.4. The maximum absolute atomic E-state index is 11.9. The highest BCUT2D eigenvalue weighted by Crippen LogP contribution is 2.40. The third-order valence-corrected chi connectivity index (χ3v) is 8.79. The number of aromatic nitrogens is 4. The van der Waals surface area contributed by atoms with Gasteiger partial charge in [-0.25, -0.2) is 4.79 Å². The predicted octanol–water partition coefficient (Wildman–Crippen LogP) is 6.28. The lowest BCUT2D eigenvalue weighted by Gasteiger charge is -2.36. The number of benzene rings is 4. The molecule has 11 nitrogen and oxygen atoms in total. The number of carbonyl (C=O) groups is 1. The highest BCUT2D eigenvalue weighted by atomic mass is 32.2. The van der Waals surface area contributed by atoms with Gasteiger partial charge in [-0.15, -0.1) is 5.10 Å². The monoisotopic (exact) mass is 665 g/mol. The van der Waals surface area contributed by atoms with Crippen molar-refractivity contribution in [2.75, 3.05) is 12.4 Å². The first kappa shape index (κ1) is 32.9. The second-order valence-corrected chi connectivity index (χ2v) is 12.1. The average molecular weight is 666 g/mol. The third kappa shape index (κ3) is 8.28. The van der Waals surface area contributed by atoms with Crippen molar-refractivity contribution >= 4 is 17.9 Å². The maximum Gasteiger partial charge on any atom is 0.407 e. The SMILES string of the molecule is C=CCOC(=O)NCc1cccc(-c2cccc([C@@H]3O[C@H](CSc4nnnn4-c4ccc(O)cc4)C[C@H](c4ccc(CO)cc4)O3)c2)c1. The number of nitrogens with one attached hydrogen (secondary N) is 1. The quantitative estimate of drug-likeness (QED) is 0.103. The summed E-state index contributed by atoms with van der Waals surface area (Å²) in [4.78, 5) is 11.9. The summed E-state index contributed by atoms with van der Waals surface area (Å²) in [7, 11) is 0. The Kier molecular flexibility index (Phi) is 10.8. The number of aliphatic hydroxyl groups excluding tert-OH is 1. The lowest BCUT2D eigenvalue weighted by atomic mass is 9.99. The molecule has 12 heteroatoms. The molecule has 1 aliphatic heterocycles. The summed E-state index contributed by atoms with van der Waals surface area (Å²) in [6.07, 6.45) is 0.511. The fourth-order valence-electron chi connectivity index (χ4n) is 5.30. The number of nitrogens with zero attached hydrogens (tertiary/aromatic N) is 4. The molecule has 1 saturated heterocycles. The van der Waals surface area contributed by atoms with E-state index in [0.29, 0.717) is 23.9 Å². The van der Waals surface area contributed by atoms with Gasteiger partial charge in [-0.2, -0.15) is 4.68 Å². The maximum atomic E-state index is 11.9. The first-order valence-corrected chi connectivity index (χ1v) is 16.4. The third-order valence-electron chi connectivity index (χ3n) is 7.74. The number of ether oxygens (including phenoxy) is 3. The van der Waals surface area contributed by atoms with Crippen LogP contribution in [-0.2, 0) is 27.4 Å². The summed E-state index contributed by atoms with van der Waals surface area (Å²) in [5.41, 5.74) is 6.31. The van der Waals surface area contributed by atoms with Crippen molar-refractivity contribution in [3.63, 3.8) is 0 Å². The molecule has 0 spiro atoms. The van der Waals surface area contributed by atoms with Gasteiger partial charge in [-0.1, -0.05) is 85.1 Å². The minimum Gasteiger partial charge on any atom is -0.508 e. The fraction of sp³-hybridized carbons (Fsp3) is 0.222. The number of aliphatic hydroxyl groups is 1. The second kappa shape index (κ2) is 15.7. The number of alkyl carbamates (subject to hydrolysis) is 1. The van der Waals surface area contributed by atoms with Gasteiger partial charge in [0.05, 0.1) is 24.5 Å². The molecule has 4 aromatic carbocycles. The zero-order chi connectivity index (χ0) is 33.3. The Balaban J connectivity index is 1.21. The number of thioether (sulfide) groups is 1. The molecule has 0 saturated carbocycles. The first-order chi connectivity index (χ1) is 23.5. The van der Waals surface area contributed by atoms with Crippen molar-refractivity contribution in [3.05, 3.63) is 132 Å². The van der Waals surface area contributed by atoms with Crippen LogP contribution in [0.3, 0.4) is 0 Å². The van der Waals surface area contributed by atoms with Crippen molar-refractivity contribution in [2.45, 2.75) is 43.2 Å². The van der Waals surface area contributed by atoms with Gasteiger partial charge >= 0.3 is 6.09 Å². The summed E-state index contributed by atoms with van der Waals surface area (Å²) in [6.45, 7) is 4.00. The number of hydrogen-bond donors (Lipinski definition) is 3. The minimum absolute atomic E-state index is 0.0317. The normalized spacial score (nSPS) is 17.5. The number of phenols is 1. The lowest BCUT2D eigenvalue weighted by Crippen LogP contribution is -2.31. The van der Waals surface area contributed by atoms with Crippen LogP contribution < -0.4 is 5.32 Å². The van der Waals surface area contributed by atoms with E-state index in [4.69, 9.17) is 14.2 Å². The van der Waals surface area contributed by atoms with E-state index in [1.165, 1.54) is 17.8 Å². The average Bonchev–Trinajstić information content (AvgIpc) is 3.61. The van der Waals surface area contributed by atoms with Crippen LogP contribution in [0.15, 0.2) is 115 Å². The Morgan fingerprint density at radius 1 is 0.979 bits per heavy atom. The molecular weight excluding hydrogens is 630 g/mol. The number of rotatable bonds is 12. The Labute approximate surface area is 282 Å². The molecule has 5 aromatic rings. The van der Waals surface area contributed by atoms with E-state index in [1.807, 2.05) is 66.7 Å².